The maximum absolute atomic E-state index is 15.3. The maximum atomic E-state index is 15.3. The predicted octanol–water partition coefficient (Wildman–Crippen LogP) is 3.97. The van der Waals surface area contributed by atoms with Crippen LogP contribution in [0.4, 0.5) is 10.2 Å². The topological polar surface area (TPSA) is 158 Å². The number of amides is 5. The Morgan fingerprint density at radius 2 is 1.49 bits per heavy atom. The van der Waals surface area contributed by atoms with E-state index in [0.717, 1.165) is 80.2 Å². The first kappa shape index (κ1) is 36.0. The third-order valence-corrected chi connectivity index (χ3v) is 11.0. The van der Waals surface area contributed by atoms with Gasteiger partial charge in [0.05, 0.1) is 22.4 Å². The van der Waals surface area contributed by atoms with Gasteiger partial charge in [-0.25, -0.2) is 9.37 Å². The molecule has 0 aliphatic carbocycles. The molecule has 14 heteroatoms. The van der Waals surface area contributed by atoms with Crippen molar-refractivity contribution in [2.45, 2.75) is 44.3 Å². The molecule has 5 heterocycles. The van der Waals surface area contributed by atoms with E-state index in [1.165, 1.54) is 6.07 Å². The van der Waals surface area contributed by atoms with Crippen molar-refractivity contribution in [3.63, 3.8) is 0 Å². The van der Waals surface area contributed by atoms with Crippen LogP contribution in [-0.4, -0.2) is 101 Å². The van der Waals surface area contributed by atoms with E-state index in [9.17, 15) is 24.0 Å². The number of halogens is 1. The summed E-state index contributed by atoms with van der Waals surface area (Å²) in [6.07, 6.45) is 1.85. The minimum Gasteiger partial charge on any atom is -0.457 e. The zero-order valence-electron chi connectivity index (χ0n) is 30.1. The number of piperidine rings is 2. The van der Waals surface area contributed by atoms with Crippen molar-refractivity contribution >= 4 is 35.4 Å². The number of primary amides is 1. The first-order valence-electron chi connectivity index (χ1n) is 18.5. The Kier molecular flexibility index (Phi) is 9.84. The summed E-state index contributed by atoms with van der Waals surface area (Å²) in [4.78, 5) is 75.4. The fraction of sp³-hybridized carbons (Fsp3) is 0.317. The number of rotatable bonds is 9. The van der Waals surface area contributed by atoms with Crippen molar-refractivity contribution in [3.05, 3.63) is 107 Å². The van der Waals surface area contributed by atoms with E-state index in [-0.39, 0.29) is 30.5 Å². The number of pyridine rings is 1. The number of anilines is 1. The maximum Gasteiger partial charge on any atom is 0.262 e. The lowest BCUT2D eigenvalue weighted by Crippen LogP contribution is -2.54. The molecule has 13 nitrogen and oxygen atoms in total. The molecule has 4 aliphatic heterocycles. The lowest BCUT2D eigenvalue weighted by molar-refractivity contribution is -0.136. The van der Waals surface area contributed by atoms with Crippen LogP contribution in [0.1, 0.15) is 62.3 Å². The number of carbonyl (C=O) groups excluding carboxylic acids is 5. The second-order valence-electron chi connectivity index (χ2n) is 14.3. The van der Waals surface area contributed by atoms with Crippen LogP contribution in [0.2, 0.25) is 0 Å². The van der Waals surface area contributed by atoms with Crippen LogP contribution in [0.3, 0.4) is 0 Å². The number of likely N-dealkylation sites (tertiary alicyclic amines) is 1. The molecule has 4 aromatic rings. The molecule has 5 amide bonds. The average molecular weight is 746 g/mol. The molecule has 3 fully saturated rings. The van der Waals surface area contributed by atoms with Crippen LogP contribution in [-0.2, 0) is 16.1 Å². The minimum atomic E-state index is -1.10. The molecule has 3 N–H and O–H groups in total. The Hall–Kier alpha value is -5.99. The van der Waals surface area contributed by atoms with Crippen molar-refractivity contribution in [2.24, 2.45) is 5.73 Å². The fourth-order valence-electron chi connectivity index (χ4n) is 8.01. The number of ether oxygens (including phenoxy) is 1. The third-order valence-electron chi connectivity index (χ3n) is 11.0. The van der Waals surface area contributed by atoms with Gasteiger partial charge in [-0.15, -0.1) is 0 Å². The van der Waals surface area contributed by atoms with E-state index >= 15 is 4.39 Å². The van der Waals surface area contributed by atoms with Crippen molar-refractivity contribution in [2.75, 3.05) is 44.2 Å². The van der Waals surface area contributed by atoms with Crippen LogP contribution >= 0.6 is 0 Å². The Balaban J connectivity index is 0.863. The van der Waals surface area contributed by atoms with E-state index < -0.39 is 41.4 Å². The summed E-state index contributed by atoms with van der Waals surface area (Å²) in [5, 5.41) is 2.18. The van der Waals surface area contributed by atoms with Crippen LogP contribution in [0.15, 0.2) is 78.9 Å². The summed E-state index contributed by atoms with van der Waals surface area (Å²) >= 11 is 0. The molecular weight excluding hydrogens is 705 g/mol. The van der Waals surface area contributed by atoms with Crippen LogP contribution in [0.5, 0.6) is 11.5 Å². The van der Waals surface area contributed by atoms with Crippen LogP contribution < -0.4 is 20.7 Å². The second kappa shape index (κ2) is 15.0. The number of nitrogens with one attached hydrogen (secondary N) is 1. The summed E-state index contributed by atoms with van der Waals surface area (Å²) in [6, 6.07) is 22.3. The molecular formula is C41H40FN7O6. The number of fused-ring (bicyclic) bond motifs is 1. The number of benzene rings is 3. The molecule has 1 aromatic heterocycles. The van der Waals surface area contributed by atoms with Crippen molar-refractivity contribution < 1.29 is 33.1 Å². The zero-order valence-corrected chi connectivity index (χ0v) is 30.1. The molecule has 0 spiro atoms. The smallest absolute Gasteiger partial charge is 0.262 e. The largest absolute Gasteiger partial charge is 0.457 e. The molecule has 282 valence electrons. The molecule has 0 bridgehead atoms. The number of nitrogens with zero attached hydrogens (tertiary/aromatic N) is 5. The van der Waals surface area contributed by atoms with Crippen LogP contribution in [0, 0.1) is 5.82 Å². The van der Waals surface area contributed by atoms with Gasteiger partial charge in [0.25, 0.3) is 17.7 Å². The van der Waals surface area contributed by atoms with E-state index in [2.05, 4.69) is 20.0 Å². The molecule has 8 rings (SSSR count). The lowest BCUT2D eigenvalue weighted by Gasteiger charge is -2.43. The molecule has 0 radical (unpaired) electrons. The van der Waals surface area contributed by atoms with Crippen molar-refractivity contribution in [1.82, 2.24) is 25.0 Å². The Labute approximate surface area is 316 Å². The first-order valence-corrected chi connectivity index (χ1v) is 18.5. The van der Waals surface area contributed by atoms with Gasteiger partial charge in [-0.2, -0.15) is 0 Å². The second-order valence-corrected chi connectivity index (χ2v) is 14.3. The summed E-state index contributed by atoms with van der Waals surface area (Å²) in [6.45, 7) is 4.97. The van der Waals surface area contributed by atoms with Crippen LogP contribution in [0.25, 0.3) is 11.3 Å². The Morgan fingerprint density at radius 3 is 2.16 bits per heavy atom. The number of carbonyl (C=O) groups is 5. The highest BCUT2D eigenvalue weighted by Gasteiger charge is 2.45. The molecule has 3 saturated heterocycles. The quantitative estimate of drug-likeness (QED) is 0.240. The number of nitrogens with two attached hydrogens (primary N) is 1. The minimum absolute atomic E-state index is 0.0158. The van der Waals surface area contributed by atoms with Crippen molar-refractivity contribution in [1.29, 1.82) is 0 Å². The summed E-state index contributed by atoms with van der Waals surface area (Å²) < 4.78 is 21.3. The van der Waals surface area contributed by atoms with Gasteiger partial charge in [0.1, 0.15) is 29.2 Å². The zero-order chi connectivity index (χ0) is 38.2. The third kappa shape index (κ3) is 7.30. The number of hydrogen-bond acceptors (Lipinski definition) is 10. The van der Waals surface area contributed by atoms with Crippen molar-refractivity contribution in [3.8, 4) is 22.8 Å². The molecule has 4 aliphatic rings. The van der Waals surface area contributed by atoms with Gasteiger partial charge < -0.3 is 15.4 Å². The number of hydrogen-bond donors (Lipinski definition) is 2. The van der Waals surface area contributed by atoms with Gasteiger partial charge in [-0.3, -0.25) is 44.0 Å². The number of aromatic nitrogens is 1. The highest BCUT2D eigenvalue weighted by atomic mass is 19.1. The highest BCUT2D eigenvalue weighted by molar-refractivity contribution is 6.23. The Bertz CT molecular complexity index is 2170. The molecule has 1 unspecified atom stereocenters. The average Bonchev–Trinajstić information content (AvgIpc) is 3.43. The molecule has 3 aromatic carbocycles. The highest BCUT2D eigenvalue weighted by Crippen LogP contribution is 2.32. The standard InChI is InChI=1S/C41H40FN7O6/c42-33-23-32-31(40(53)49(41(32)54)34-11-13-36(50)45-39(34)52)22-26(33)24-46-16-14-27(15-17-46)47-18-20-48(21-19-47)35-12-10-30(38(43)51)37(44-35)25-6-8-29(9-7-25)55-28-4-2-1-3-5-28/h1-10,12,22-23,27,34H,11,13-21,24H2,(H2,43,51)(H,45,50,52). The van der Waals surface area contributed by atoms with Gasteiger partial charge in [0.2, 0.25) is 11.8 Å². The number of piperazine rings is 1. The number of imide groups is 2. The van der Waals surface area contributed by atoms with E-state index in [1.807, 2.05) is 60.7 Å². The molecule has 1 atom stereocenters. The van der Waals surface area contributed by atoms with Gasteiger partial charge in [-0.1, -0.05) is 18.2 Å². The van der Waals surface area contributed by atoms with Gasteiger partial charge in [-0.05, 0) is 93.0 Å². The van der Waals surface area contributed by atoms with Gasteiger partial charge in [0, 0.05) is 56.3 Å². The fourth-order valence-corrected chi connectivity index (χ4v) is 8.01. The molecule has 55 heavy (non-hydrogen) atoms. The Morgan fingerprint density at radius 1 is 0.818 bits per heavy atom. The van der Waals surface area contributed by atoms with E-state index in [1.54, 1.807) is 6.07 Å². The summed E-state index contributed by atoms with van der Waals surface area (Å²) in [5.74, 6) is -1.48. The first-order chi connectivity index (χ1) is 26.6. The van der Waals surface area contributed by atoms with E-state index in [0.29, 0.717) is 28.6 Å². The summed E-state index contributed by atoms with van der Waals surface area (Å²) in [7, 11) is 0. The van der Waals surface area contributed by atoms with E-state index in [4.69, 9.17) is 15.5 Å². The molecule has 0 saturated carbocycles. The lowest BCUT2D eigenvalue weighted by atomic mass is 10.00. The SMILES string of the molecule is NC(=O)c1ccc(N2CCN(C3CCN(Cc4cc5c(cc4F)C(=O)N(C4CCC(=O)NC4=O)C5=O)CC3)CC2)nc1-c1ccc(Oc2ccccc2)cc1. The van der Waals surface area contributed by atoms with Gasteiger partial charge >= 0.3 is 0 Å². The summed E-state index contributed by atoms with van der Waals surface area (Å²) in [5.41, 5.74) is 7.72. The number of para-hydroxylation sites is 1. The predicted molar refractivity (Wildman–Crippen MR) is 200 cm³/mol. The normalized spacial score (nSPS) is 19.8. The van der Waals surface area contributed by atoms with Gasteiger partial charge in [0.15, 0.2) is 0 Å². The monoisotopic (exact) mass is 745 g/mol.